The summed E-state index contributed by atoms with van der Waals surface area (Å²) >= 11 is 0. The Morgan fingerprint density at radius 2 is 1.00 bits per heavy atom. The quantitative estimate of drug-likeness (QED) is 0.380. The van der Waals surface area contributed by atoms with Gasteiger partial charge >= 0.3 is 0 Å². The molecule has 2 rings (SSSR count). The average molecular weight is 382 g/mol. The van der Waals surface area contributed by atoms with Crippen molar-refractivity contribution in [3.8, 4) is 0 Å². The molecule has 3 nitrogen and oxygen atoms in total. The van der Waals surface area contributed by atoms with E-state index in [9.17, 15) is 0 Å². The molecule has 0 fully saturated rings. The number of nitrogens with one attached hydrogen (secondary N) is 2. The number of hydrogen-bond donors (Lipinski definition) is 3. The van der Waals surface area contributed by atoms with Crippen molar-refractivity contribution in [2.75, 3.05) is 26.2 Å². The number of hydrogen-bond acceptors (Lipinski definition) is 3. The van der Waals surface area contributed by atoms with Crippen LogP contribution < -0.4 is 16.4 Å². The van der Waals surface area contributed by atoms with Gasteiger partial charge in [0.25, 0.3) is 0 Å². The minimum atomic E-state index is 0.300. The van der Waals surface area contributed by atoms with Crippen molar-refractivity contribution in [3.63, 3.8) is 0 Å². The summed E-state index contributed by atoms with van der Waals surface area (Å²) in [5.41, 5.74) is 9.11. The van der Waals surface area contributed by atoms with Crippen molar-refractivity contribution in [2.24, 2.45) is 5.73 Å². The van der Waals surface area contributed by atoms with Crippen LogP contribution in [0, 0.1) is 0 Å². The Labute approximate surface area is 172 Å². The second kappa shape index (κ2) is 15.3. The number of unbranched alkanes of at least 4 members (excludes halogenated alkanes) is 2. The lowest BCUT2D eigenvalue weighted by atomic mass is 10.1. The fourth-order valence-corrected chi connectivity index (χ4v) is 3.42. The standard InChI is InChI=1S/C25H39N3/c26-25(17-21-27-19-9-7-15-23-11-3-1-4-12-23)18-22-28-20-10-8-16-24-13-5-2-6-14-24/h1-6,11-14,25,27-28H,7-10,15-22,26H2. The molecule has 0 saturated carbocycles. The molecular formula is C25H39N3. The van der Waals surface area contributed by atoms with Crippen LogP contribution in [-0.2, 0) is 12.8 Å². The van der Waals surface area contributed by atoms with E-state index < -0.39 is 0 Å². The third-order valence-electron chi connectivity index (χ3n) is 5.21. The van der Waals surface area contributed by atoms with Crippen LogP contribution in [0.25, 0.3) is 0 Å². The summed E-state index contributed by atoms with van der Waals surface area (Å²) in [5.74, 6) is 0. The number of rotatable bonds is 16. The van der Waals surface area contributed by atoms with Gasteiger partial charge in [-0.1, -0.05) is 60.7 Å². The molecule has 3 heteroatoms. The smallest absolute Gasteiger partial charge is 0.00629 e. The summed E-state index contributed by atoms with van der Waals surface area (Å²) in [6.07, 6.45) is 9.44. The zero-order valence-electron chi connectivity index (χ0n) is 17.4. The molecule has 0 aliphatic carbocycles. The molecular weight excluding hydrogens is 342 g/mol. The van der Waals surface area contributed by atoms with Gasteiger partial charge in [0.15, 0.2) is 0 Å². The minimum Gasteiger partial charge on any atom is -0.328 e. The van der Waals surface area contributed by atoms with Gasteiger partial charge in [0.05, 0.1) is 0 Å². The zero-order chi connectivity index (χ0) is 19.7. The van der Waals surface area contributed by atoms with Crippen LogP contribution in [0.3, 0.4) is 0 Å². The first kappa shape index (κ1) is 22.6. The SMILES string of the molecule is NC(CCNCCCCc1ccccc1)CCNCCCCc1ccccc1. The molecule has 28 heavy (non-hydrogen) atoms. The molecule has 0 saturated heterocycles. The van der Waals surface area contributed by atoms with Gasteiger partial charge in [-0.05, 0) is 88.7 Å². The summed E-state index contributed by atoms with van der Waals surface area (Å²) < 4.78 is 0. The van der Waals surface area contributed by atoms with Crippen molar-refractivity contribution in [1.29, 1.82) is 0 Å². The highest BCUT2D eigenvalue weighted by atomic mass is 14.9. The molecule has 0 unspecified atom stereocenters. The van der Waals surface area contributed by atoms with Gasteiger partial charge in [0.1, 0.15) is 0 Å². The van der Waals surface area contributed by atoms with Gasteiger partial charge in [-0.3, -0.25) is 0 Å². The number of benzene rings is 2. The van der Waals surface area contributed by atoms with Crippen LogP contribution in [0.5, 0.6) is 0 Å². The minimum absolute atomic E-state index is 0.300. The Kier molecular flexibility index (Phi) is 12.3. The molecule has 2 aromatic carbocycles. The molecule has 0 bridgehead atoms. The van der Waals surface area contributed by atoms with Crippen molar-refractivity contribution in [3.05, 3.63) is 71.8 Å². The van der Waals surface area contributed by atoms with Crippen LogP contribution in [-0.4, -0.2) is 32.2 Å². The molecule has 0 aliphatic rings. The molecule has 2 aromatic rings. The molecule has 0 heterocycles. The normalized spacial score (nSPS) is 11.2. The van der Waals surface area contributed by atoms with Gasteiger partial charge in [-0.25, -0.2) is 0 Å². The van der Waals surface area contributed by atoms with E-state index in [0.29, 0.717) is 6.04 Å². The van der Waals surface area contributed by atoms with E-state index in [1.165, 1.54) is 49.7 Å². The van der Waals surface area contributed by atoms with Crippen molar-refractivity contribution in [2.45, 2.75) is 57.4 Å². The van der Waals surface area contributed by atoms with E-state index in [-0.39, 0.29) is 0 Å². The molecule has 4 N–H and O–H groups in total. The first-order chi connectivity index (χ1) is 13.8. The van der Waals surface area contributed by atoms with Crippen molar-refractivity contribution in [1.82, 2.24) is 10.6 Å². The highest BCUT2D eigenvalue weighted by Gasteiger charge is 2.02. The second-order valence-corrected chi connectivity index (χ2v) is 7.72. The maximum absolute atomic E-state index is 6.23. The van der Waals surface area contributed by atoms with E-state index in [2.05, 4.69) is 71.3 Å². The molecule has 0 aromatic heterocycles. The van der Waals surface area contributed by atoms with E-state index >= 15 is 0 Å². The molecule has 0 atom stereocenters. The summed E-state index contributed by atoms with van der Waals surface area (Å²) in [5, 5.41) is 7.07. The highest BCUT2D eigenvalue weighted by molar-refractivity contribution is 5.15. The third-order valence-corrected chi connectivity index (χ3v) is 5.21. The van der Waals surface area contributed by atoms with E-state index in [4.69, 9.17) is 5.73 Å². The van der Waals surface area contributed by atoms with E-state index in [1.807, 2.05) is 0 Å². The van der Waals surface area contributed by atoms with Gasteiger partial charge in [-0.15, -0.1) is 0 Å². The topological polar surface area (TPSA) is 50.1 Å². The Bertz CT molecular complexity index is 532. The predicted octanol–water partition coefficient (Wildman–Crippen LogP) is 4.32. The van der Waals surface area contributed by atoms with Crippen LogP contribution in [0.2, 0.25) is 0 Å². The van der Waals surface area contributed by atoms with Crippen LogP contribution in [0.1, 0.15) is 49.7 Å². The van der Waals surface area contributed by atoms with Crippen LogP contribution >= 0.6 is 0 Å². The highest BCUT2D eigenvalue weighted by Crippen LogP contribution is 2.05. The van der Waals surface area contributed by atoms with Gasteiger partial charge in [0, 0.05) is 6.04 Å². The fourth-order valence-electron chi connectivity index (χ4n) is 3.42. The second-order valence-electron chi connectivity index (χ2n) is 7.72. The number of nitrogens with two attached hydrogens (primary N) is 1. The monoisotopic (exact) mass is 381 g/mol. The lowest BCUT2D eigenvalue weighted by Crippen LogP contribution is -2.30. The number of aryl methyl sites for hydroxylation is 2. The van der Waals surface area contributed by atoms with E-state index in [0.717, 1.165) is 39.0 Å². The van der Waals surface area contributed by atoms with Crippen molar-refractivity contribution < 1.29 is 0 Å². The van der Waals surface area contributed by atoms with Crippen molar-refractivity contribution >= 4 is 0 Å². The Morgan fingerprint density at radius 1 is 0.571 bits per heavy atom. The fraction of sp³-hybridized carbons (Fsp3) is 0.520. The maximum atomic E-state index is 6.23. The average Bonchev–Trinajstić information content (AvgIpc) is 2.74. The first-order valence-electron chi connectivity index (χ1n) is 11.1. The van der Waals surface area contributed by atoms with Gasteiger partial charge in [-0.2, -0.15) is 0 Å². The molecule has 0 spiro atoms. The molecule has 0 aliphatic heterocycles. The van der Waals surface area contributed by atoms with Gasteiger partial charge in [0.2, 0.25) is 0 Å². The van der Waals surface area contributed by atoms with Gasteiger partial charge < -0.3 is 16.4 Å². The summed E-state index contributed by atoms with van der Waals surface area (Å²) in [7, 11) is 0. The Morgan fingerprint density at radius 3 is 1.43 bits per heavy atom. The lowest BCUT2D eigenvalue weighted by molar-refractivity contribution is 0.500. The summed E-state index contributed by atoms with van der Waals surface area (Å²) in [6.45, 7) is 4.26. The molecule has 0 radical (unpaired) electrons. The molecule has 0 amide bonds. The lowest BCUT2D eigenvalue weighted by Gasteiger charge is -2.13. The third kappa shape index (κ3) is 11.2. The maximum Gasteiger partial charge on any atom is 0.00629 e. The van der Waals surface area contributed by atoms with Crippen LogP contribution in [0.15, 0.2) is 60.7 Å². The Hall–Kier alpha value is -1.68. The Balaban J connectivity index is 1.33. The zero-order valence-corrected chi connectivity index (χ0v) is 17.4. The summed E-state index contributed by atoms with van der Waals surface area (Å²) in [6, 6.07) is 21.8. The van der Waals surface area contributed by atoms with Crippen LogP contribution in [0.4, 0.5) is 0 Å². The predicted molar refractivity (Wildman–Crippen MR) is 122 cm³/mol. The largest absolute Gasteiger partial charge is 0.328 e. The first-order valence-corrected chi connectivity index (χ1v) is 11.1. The summed E-state index contributed by atoms with van der Waals surface area (Å²) in [4.78, 5) is 0. The molecule has 154 valence electrons. The van der Waals surface area contributed by atoms with E-state index in [1.54, 1.807) is 0 Å².